The molecular formula is C23H29N3O4S2. The Labute approximate surface area is 194 Å². The van der Waals surface area contributed by atoms with Crippen LogP contribution in [0.1, 0.15) is 18.1 Å². The Morgan fingerprint density at radius 2 is 1.75 bits per heavy atom. The minimum absolute atomic E-state index is 0.0798. The van der Waals surface area contributed by atoms with Crippen molar-refractivity contribution >= 4 is 33.6 Å². The minimum Gasteiger partial charge on any atom is -0.350 e. The van der Waals surface area contributed by atoms with E-state index in [1.807, 2.05) is 60.9 Å². The number of sulfonamides is 1. The fraction of sp³-hybridized carbons (Fsp3) is 0.391. The van der Waals surface area contributed by atoms with Gasteiger partial charge < -0.3 is 10.2 Å². The summed E-state index contributed by atoms with van der Waals surface area (Å²) in [6, 6.07) is 17.5. The topological polar surface area (TPSA) is 86.8 Å². The molecule has 0 radical (unpaired) electrons. The summed E-state index contributed by atoms with van der Waals surface area (Å²) < 4.78 is 25.5. The first-order chi connectivity index (χ1) is 15.1. The Bertz CT molecular complexity index is 1060. The molecule has 2 aromatic rings. The van der Waals surface area contributed by atoms with Crippen molar-refractivity contribution in [2.75, 3.05) is 32.1 Å². The van der Waals surface area contributed by atoms with E-state index in [4.69, 9.17) is 0 Å². The summed E-state index contributed by atoms with van der Waals surface area (Å²) in [5, 5.41) is 2.89. The monoisotopic (exact) mass is 475 g/mol. The predicted octanol–water partition coefficient (Wildman–Crippen LogP) is 2.13. The molecule has 2 amide bonds. The molecule has 1 fully saturated rings. The lowest BCUT2D eigenvalue weighted by atomic mass is 9.94. The van der Waals surface area contributed by atoms with E-state index in [1.54, 1.807) is 18.7 Å². The predicted molar refractivity (Wildman–Crippen MR) is 127 cm³/mol. The summed E-state index contributed by atoms with van der Waals surface area (Å²) in [5.74, 6) is -0.749. The van der Waals surface area contributed by atoms with E-state index < -0.39 is 15.6 Å². The van der Waals surface area contributed by atoms with Gasteiger partial charge in [0.15, 0.2) is 0 Å². The second-order valence-corrected chi connectivity index (χ2v) is 11.0. The third kappa shape index (κ3) is 5.70. The first-order valence-corrected chi connectivity index (χ1v) is 13.4. The zero-order valence-corrected chi connectivity index (χ0v) is 20.2. The summed E-state index contributed by atoms with van der Waals surface area (Å²) in [6.45, 7) is 1.92. The van der Waals surface area contributed by atoms with E-state index in [9.17, 15) is 18.0 Å². The van der Waals surface area contributed by atoms with Crippen molar-refractivity contribution in [3.8, 4) is 0 Å². The highest BCUT2D eigenvalue weighted by Gasteiger charge is 2.49. The molecule has 1 saturated heterocycles. The van der Waals surface area contributed by atoms with Crippen LogP contribution in [-0.4, -0.2) is 67.1 Å². The number of hydrogen-bond acceptors (Lipinski definition) is 5. The van der Waals surface area contributed by atoms with Crippen LogP contribution >= 0.6 is 11.8 Å². The molecule has 1 aliphatic rings. The van der Waals surface area contributed by atoms with Gasteiger partial charge in [-0.2, -0.15) is 4.31 Å². The van der Waals surface area contributed by atoms with Gasteiger partial charge in [0.2, 0.25) is 21.8 Å². The summed E-state index contributed by atoms with van der Waals surface area (Å²) >= 11 is 1.65. The summed E-state index contributed by atoms with van der Waals surface area (Å²) in [7, 11) is -3.63. The molecular weight excluding hydrogens is 446 g/mol. The van der Waals surface area contributed by atoms with E-state index >= 15 is 0 Å². The van der Waals surface area contributed by atoms with Crippen molar-refractivity contribution in [1.82, 2.24) is 14.5 Å². The molecule has 1 N–H and O–H groups in total. The maximum absolute atomic E-state index is 13.3. The largest absolute Gasteiger partial charge is 0.350 e. The summed E-state index contributed by atoms with van der Waals surface area (Å²) in [4.78, 5) is 29.0. The maximum atomic E-state index is 13.3. The highest BCUT2D eigenvalue weighted by molar-refractivity contribution is 7.98. The highest BCUT2D eigenvalue weighted by Crippen LogP contribution is 2.25. The van der Waals surface area contributed by atoms with E-state index in [1.165, 1.54) is 4.90 Å². The van der Waals surface area contributed by atoms with Gasteiger partial charge in [0.25, 0.3) is 0 Å². The zero-order chi connectivity index (χ0) is 23.4. The van der Waals surface area contributed by atoms with Crippen LogP contribution in [0.4, 0.5) is 0 Å². The van der Waals surface area contributed by atoms with Crippen LogP contribution in [0.5, 0.6) is 0 Å². The number of carbonyl (C=O) groups is 2. The highest BCUT2D eigenvalue weighted by atomic mass is 32.2. The molecule has 3 rings (SSSR count). The number of thioether (sulfide) groups is 1. The van der Waals surface area contributed by atoms with Crippen molar-refractivity contribution in [1.29, 1.82) is 0 Å². The number of piperazine rings is 1. The molecule has 7 nitrogen and oxygen atoms in total. The number of nitrogens with zero attached hydrogens (tertiary/aromatic N) is 2. The van der Waals surface area contributed by atoms with Crippen LogP contribution < -0.4 is 5.32 Å². The van der Waals surface area contributed by atoms with Crippen molar-refractivity contribution < 1.29 is 18.0 Å². The van der Waals surface area contributed by atoms with Gasteiger partial charge in [0.05, 0.1) is 12.8 Å². The van der Waals surface area contributed by atoms with Crippen LogP contribution in [0.25, 0.3) is 0 Å². The smallest absolute Gasteiger partial charge is 0.247 e. The van der Waals surface area contributed by atoms with E-state index in [-0.39, 0.29) is 24.9 Å². The first kappa shape index (κ1) is 24.3. The molecule has 0 bridgehead atoms. The molecule has 0 aromatic heterocycles. The number of amides is 2. The second kappa shape index (κ2) is 10.1. The molecule has 172 valence electrons. The maximum Gasteiger partial charge on any atom is 0.247 e. The average Bonchev–Trinajstić information content (AvgIpc) is 2.77. The Kier molecular flexibility index (Phi) is 7.63. The van der Waals surface area contributed by atoms with Crippen molar-refractivity contribution in [3.05, 3.63) is 65.7 Å². The second-order valence-electron chi connectivity index (χ2n) is 8.12. The Morgan fingerprint density at radius 3 is 2.34 bits per heavy atom. The Balaban J connectivity index is 1.80. The lowest BCUT2D eigenvalue weighted by Gasteiger charge is -2.46. The molecule has 0 unspecified atom stereocenters. The molecule has 1 heterocycles. The molecule has 0 spiro atoms. The molecule has 9 heteroatoms. The molecule has 1 atom stereocenters. The summed E-state index contributed by atoms with van der Waals surface area (Å²) in [6.07, 6.45) is 3.64. The lowest BCUT2D eigenvalue weighted by Crippen LogP contribution is -2.69. The molecule has 0 saturated carbocycles. The van der Waals surface area contributed by atoms with Gasteiger partial charge in [0.1, 0.15) is 5.54 Å². The van der Waals surface area contributed by atoms with Crippen LogP contribution in [0, 0.1) is 0 Å². The fourth-order valence-electron chi connectivity index (χ4n) is 3.80. The van der Waals surface area contributed by atoms with Crippen molar-refractivity contribution in [2.24, 2.45) is 0 Å². The lowest BCUT2D eigenvalue weighted by molar-refractivity contribution is -0.152. The number of nitrogens with one attached hydrogen (secondary N) is 1. The number of rotatable bonds is 8. The third-order valence-corrected chi connectivity index (χ3v) is 7.67. The van der Waals surface area contributed by atoms with Crippen molar-refractivity contribution in [3.63, 3.8) is 0 Å². The Hall–Kier alpha value is -2.36. The number of hydrogen-bond donors (Lipinski definition) is 1. The van der Waals surface area contributed by atoms with Gasteiger partial charge in [0, 0.05) is 24.5 Å². The summed E-state index contributed by atoms with van der Waals surface area (Å²) in [5.41, 5.74) is 0.659. The third-order valence-electron chi connectivity index (χ3n) is 5.73. The molecule has 1 aliphatic heterocycles. The molecule has 2 aromatic carbocycles. The van der Waals surface area contributed by atoms with E-state index in [0.29, 0.717) is 19.5 Å². The SMILES string of the molecule is CSc1ccc(CCN2C(=O)CN(S(C)(=O)=O)C[C@@]2(C)C(=O)NCc2ccccc2)cc1. The standard InChI is InChI=1S/C23H29N3O4S2/c1-23(22(28)24-15-19-7-5-4-6-8-19)17-25(32(3,29)30)16-21(27)26(23)14-13-18-9-11-20(31-2)12-10-18/h4-12H,13-17H2,1-3H3,(H,24,28)/t23-/m0/s1. The van der Waals surface area contributed by atoms with Crippen LogP contribution in [-0.2, 0) is 32.6 Å². The van der Waals surface area contributed by atoms with Crippen LogP contribution in [0.2, 0.25) is 0 Å². The minimum atomic E-state index is -3.63. The first-order valence-electron chi connectivity index (χ1n) is 10.3. The number of carbonyl (C=O) groups excluding carboxylic acids is 2. The van der Waals surface area contributed by atoms with Gasteiger partial charge >= 0.3 is 0 Å². The number of benzene rings is 2. The average molecular weight is 476 g/mol. The fourth-order valence-corrected chi connectivity index (χ4v) is 5.04. The molecule has 0 aliphatic carbocycles. The Morgan fingerprint density at radius 1 is 1.09 bits per heavy atom. The van der Waals surface area contributed by atoms with Crippen LogP contribution in [0.3, 0.4) is 0 Å². The van der Waals surface area contributed by atoms with E-state index in [2.05, 4.69) is 5.32 Å². The van der Waals surface area contributed by atoms with E-state index in [0.717, 1.165) is 26.6 Å². The van der Waals surface area contributed by atoms with Gasteiger partial charge in [-0.15, -0.1) is 11.8 Å². The molecule has 32 heavy (non-hydrogen) atoms. The quantitative estimate of drug-likeness (QED) is 0.591. The zero-order valence-electron chi connectivity index (χ0n) is 18.6. The van der Waals surface area contributed by atoms with Gasteiger partial charge in [-0.1, -0.05) is 42.5 Å². The normalized spacial score (nSPS) is 19.7. The van der Waals surface area contributed by atoms with Gasteiger partial charge in [-0.3, -0.25) is 9.59 Å². The van der Waals surface area contributed by atoms with Crippen LogP contribution in [0.15, 0.2) is 59.5 Å². The van der Waals surface area contributed by atoms with Crippen molar-refractivity contribution in [2.45, 2.75) is 30.3 Å². The van der Waals surface area contributed by atoms with Gasteiger partial charge in [-0.05, 0) is 42.9 Å². The van der Waals surface area contributed by atoms with Gasteiger partial charge in [-0.25, -0.2) is 8.42 Å².